The number of carbonyl (C=O) groups excluding carboxylic acids is 1. The first-order chi connectivity index (χ1) is 21.7. The minimum absolute atomic E-state index is 0.162. The summed E-state index contributed by atoms with van der Waals surface area (Å²) in [6.45, 7) is 1.58. The van der Waals surface area contributed by atoms with E-state index < -0.39 is 17.1 Å². The number of ketones is 1. The SMILES string of the molecule is CC(=O)C(OOC(c1ccccc1)(c1ccccc1)c1ccccc1)C(c1ccccc1)(c1ccccc1)c1ccccc1. The Morgan fingerprint density at radius 1 is 0.432 bits per heavy atom. The molecule has 3 nitrogen and oxygen atoms in total. The summed E-state index contributed by atoms with van der Waals surface area (Å²) in [5.41, 5.74) is 3.21. The third kappa shape index (κ3) is 5.28. The van der Waals surface area contributed by atoms with Gasteiger partial charge in [-0.25, -0.2) is 9.78 Å². The van der Waals surface area contributed by atoms with Gasteiger partial charge in [-0.3, -0.25) is 4.79 Å². The summed E-state index contributed by atoms with van der Waals surface area (Å²) in [5, 5.41) is 0. The molecule has 216 valence electrons. The van der Waals surface area contributed by atoms with Crippen LogP contribution in [0.3, 0.4) is 0 Å². The normalized spacial score (nSPS) is 12.4. The van der Waals surface area contributed by atoms with Crippen molar-refractivity contribution in [3.05, 3.63) is 215 Å². The molecule has 6 rings (SSSR count). The number of rotatable bonds is 11. The maximum atomic E-state index is 14.0. The van der Waals surface area contributed by atoms with Crippen molar-refractivity contribution in [1.29, 1.82) is 0 Å². The molecular weight excluding hydrogens is 540 g/mol. The number of Topliss-reactive ketones (excluding diaryl/α,β-unsaturated/α-hetero) is 1. The predicted octanol–water partition coefficient (Wildman–Crippen LogP) is 8.92. The Balaban J connectivity index is 1.60. The van der Waals surface area contributed by atoms with Gasteiger partial charge in [0.15, 0.2) is 17.5 Å². The van der Waals surface area contributed by atoms with Crippen LogP contribution in [0.5, 0.6) is 0 Å². The average molecular weight is 575 g/mol. The zero-order valence-corrected chi connectivity index (χ0v) is 24.6. The first-order valence-corrected chi connectivity index (χ1v) is 14.9. The molecule has 6 aromatic rings. The van der Waals surface area contributed by atoms with Crippen LogP contribution in [0.25, 0.3) is 0 Å². The van der Waals surface area contributed by atoms with Crippen LogP contribution in [0.4, 0.5) is 0 Å². The maximum absolute atomic E-state index is 14.0. The lowest BCUT2D eigenvalue weighted by atomic mass is 9.65. The Bertz CT molecular complexity index is 1560. The van der Waals surface area contributed by atoms with E-state index >= 15 is 0 Å². The Morgan fingerprint density at radius 3 is 0.932 bits per heavy atom. The fourth-order valence-electron chi connectivity index (χ4n) is 6.29. The molecule has 0 aliphatic rings. The molecule has 0 amide bonds. The number of benzene rings is 6. The third-order valence-corrected chi connectivity index (χ3v) is 8.26. The Hall–Kier alpha value is -5.09. The number of hydrogen-bond donors (Lipinski definition) is 0. The van der Waals surface area contributed by atoms with Gasteiger partial charge in [0.1, 0.15) is 0 Å². The lowest BCUT2D eigenvalue weighted by molar-refractivity contribution is -0.367. The quantitative estimate of drug-likeness (QED) is 0.0880. The number of carbonyl (C=O) groups is 1. The third-order valence-electron chi connectivity index (χ3n) is 8.26. The summed E-state index contributed by atoms with van der Waals surface area (Å²) in [5.74, 6) is -0.162. The zero-order valence-electron chi connectivity index (χ0n) is 24.6. The van der Waals surface area contributed by atoms with Crippen molar-refractivity contribution in [2.45, 2.75) is 24.0 Å². The molecular formula is C41H34O3. The largest absolute Gasteiger partial charge is 0.297 e. The summed E-state index contributed by atoms with van der Waals surface area (Å²) < 4.78 is 0. The van der Waals surface area contributed by atoms with Gasteiger partial charge >= 0.3 is 0 Å². The monoisotopic (exact) mass is 574 g/mol. The molecule has 0 spiro atoms. The topological polar surface area (TPSA) is 35.5 Å². The summed E-state index contributed by atoms with van der Waals surface area (Å²) in [6, 6.07) is 60.3. The van der Waals surface area contributed by atoms with Crippen molar-refractivity contribution >= 4 is 5.78 Å². The van der Waals surface area contributed by atoms with E-state index in [0.717, 1.165) is 33.4 Å². The van der Waals surface area contributed by atoms with Crippen LogP contribution < -0.4 is 0 Å². The fraction of sp³-hybridized carbons (Fsp3) is 0.0976. The van der Waals surface area contributed by atoms with E-state index in [2.05, 4.69) is 36.4 Å². The lowest BCUT2D eigenvalue weighted by Crippen LogP contribution is -2.49. The van der Waals surface area contributed by atoms with Crippen LogP contribution in [-0.2, 0) is 25.6 Å². The molecule has 1 unspecified atom stereocenters. The van der Waals surface area contributed by atoms with Crippen molar-refractivity contribution < 1.29 is 14.6 Å². The van der Waals surface area contributed by atoms with Crippen LogP contribution in [0.2, 0.25) is 0 Å². The summed E-state index contributed by atoms with van der Waals surface area (Å²) in [6.07, 6.45) is -1.05. The first-order valence-electron chi connectivity index (χ1n) is 14.9. The van der Waals surface area contributed by atoms with Crippen LogP contribution in [0, 0.1) is 0 Å². The van der Waals surface area contributed by atoms with Crippen LogP contribution in [0.1, 0.15) is 40.3 Å². The molecule has 3 heteroatoms. The first kappa shape index (κ1) is 29.0. The molecule has 1 atom stereocenters. The second-order valence-corrected chi connectivity index (χ2v) is 10.9. The molecule has 0 N–H and O–H groups in total. The summed E-state index contributed by atoms with van der Waals surface area (Å²) in [7, 11) is 0. The van der Waals surface area contributed by atoms with Crippen molar-refractivity contribution in [2.24, 2.45) is 0 Å². The van der Waals surface area contributed by atoms with E-state index in [1.54, 1.807) is 6.92 Å². The van der Waals surface area contributed by atoms with E-state index in [4.69, 9.17) is 9.78 Å². The summed E-state index contributed by atoms with van der Waals surface area (Å²) >= 11 is 0. The second-order valence-electron chi connectivity index (χ2n) is 10.9. The van der Waals surface area contributed by atoms with Crippen molar-refractivity contribution in [2.75, 3.05) is 0 Å². The standard InChI is InChI=1S/C41H34O3/c1-32(42)39(40(33-20-8-2-9-21-33,34-22-10-3-11-23-34)35-24-12-4-13-25-35)43-44-41(36-26-14-5-15-27-36,37-28-16-6-17-29-37)38-30-18-7-19-31-38/h2-31,39H,1H3. The molecule has 0 saturated carbocycles. The van der Waals surface area contributed by atoms with E-state index in [1.165, 1.54) is 0 Å². The Kier molecular flexibility index (Phi) is 8.60. The highest BCUT2D eigenvalue weighted by Gasteiger charge is 2.50. The van der Waals surface area contributed by atoms with Gasteiger partial charge < -0.3 is 0 Å². The van der Waals surface area contributed by atoms with Crippen molar-refractivity contribution in [3.63, 3.8) is 0 Å². The molecule has 0 radical (unpaired) electrons. The van der Waals surface area contributed by atoms with Gasteiger partial charge in [0.2, 0.25) is 0 Å². The van der Waals surface area contributed by atoms with Crippen LogP contribution >= 0.6 is 0 Å². The molecule has 0 bridgehead atoms. The molecule has 0 fully saturated rings. The lowest BCUT2D eigenvalue weighted by Gasteiger charge is -2.42. The van der Waals surface area contributed by atoms with Gasteiger partial charge in [0.25, 0.3) is 0 Å². The molecule has 0 aromatic heterocycles. The fourth-order valence-corrected chi connectivity index (χ4v) is 6.29. The Morgan fingerprint density at radius 2 is 0.682 bits per heavy atom. The summed E-state index contributed by atoms with van der Waals surface area (Å²) in [4.78, 5) is 27.6. The van der Waals surface area contributed by atoms with Gasteiger partial charge in [-0.05, 0) is 40.3 Å². The van der Waals surface area contributed by atoms with E-state index in [-0.39, 0.29) is 5.78 Å². The van der Waals surface area contributed by atoms with Crippen molar-refractivity contribution in [3.8, 4) is 0 Å². The highest BCUT2D eigenvalue weighted by molar-refractivity contribution is 5.85. The highest BCUT2D eigenvalue weighted by atomic mass is 17.2. The minimum Gasteiger partial charge on any atom is -0.297 e. The Labute approximate surface area is 259 Å². The van der Waals surface area contributed by atoms with Gasteiger partial charge in [0, 0.05) is 0 Å². The maximum Gasteiger partial charge on any atom is 0.179 e. The van der Waals surface area contributed by atoms with Gasteiger partial charge in [-0.1, -0.05) is 182 Å². The predicted molar refractivity (Wildman–Crippen MR) is 175 cm³/mol. The molecule has 0 aliphatic carbocycles. The second kappa shape index (κ2) is 13.0. The van der Waals surface area contributed by atoms with Crippen molar-refractivity contribution in [1.82, 2.24) is 0 Å². The molecule has 0 aliphatic heterocycles. The van der Waals surface area contributed by atoms with Gasteiger partial charge in [0.05, 0.1) is 5.41 Å². The molecule has 44 heavy (non-hydrogen) atoms. The van der Waals surface area contributed by atoms with E-state index in [1.807, 2.05) is 146 Å². The number of hydrogen-bond acceptors (Lipinski definition) is 3. The average Bonchev–Trinajstić information content (AvgIpc) is 3.10. The minimum atomic E-state index is -1.17. The molecule has 6 aromatic carbocycles. The zero-order chi connectivity index (χ0) is 30.2. The molecule has 0 heterocycles. The van der Waals surface area contributed by atoms with E-state index in [9.17, 15) is 4.79 Å². The van der Waals surface area contributed by atoms with Crippen LogP contribution in [0.15, 0.2) is 182 Å². The van der Waals surface area contributed by atoms with Crippen LogP contribution in [-0.4, -0.2) is 11.9 Å². The van der Waals surface area contributed by atoms with E-state index in [0.29, 0.717) is 0 Å². The van der Waals surface area contributed by atoms with Gasteiger partial charge in [-0.2, -0.15) is 0 Å². The van der Waals surface area contributed by atoms with Gasteiger partial charge in [-0.15, -0.1) is 0 Å². The highest BCUT2D eigenvalue weighted by Crippen LogP contribution is 2.46. The molecule has 0 saturated heterocycles. The smallest absolute Gasteiger partial charge is 0.179 e.